The second kappa shape index (κ2) is 10.9. The minimum atomic E-state index is -4.34. The van der Waals surface area contributed by atoms with E-state index in [9.17, 15) is 13.2 Å². The summed E-state index contributed by atoms with van der Waals surface area (Å²) < 4.78 is 41.7. The van der Waals surface area contributed by atoms with Gasteiger partial charge in [-0.1, -0.05) is 18.1 Å². The molecule has 1 fully saturated rings. The Hall–Kier alpha value is -3.11. The number of nitrogens with zero attached hydrogens (tertiary/aromatic N) is 2. The van der Waals surface area contributed by atoms with Crippen LogP contribution >= 0.6 is 0 Å². The molecule has 2 N–H and O–H groups in total. The molecule has 1 aliphatic rings. The Balaban J connectivity index is 1.56. The van der Waals surface area contributed by atoms with Gasteiger partial charge < -0.3 is 20.1 Å². The largest absolute Gasteiger partial charge is 0.406 e. The Kier molecular flexibility index (Phi) is 7.85. The second-order valence-electron chi connectivity index (χ2n) is 10.0. The minimum absolute atomic E-state index is 0.314. The van der Waals surface area contributed by atoms with E-state index < -0.39 is 12.7 Å². The van der Waals surface area contributed by atoms with Gasteiger partial charge in [0.1, 0.15) is 6.54 Å². The molecule has 2 aromatic carbocycles. The Morgan fingerprint density at radius 3 is 2.42 bits per heavy atom. The third-order valence-electron chi connectivity index (χ3n) is 7.17. The summed E-state index contributed by atoms with van der Waals surface area (Å²) in [5, 5.41) is 7.63. The van der Waals surface area contributed by atoms with Crippen LogP contribution in [0, 0.1) is 25.7 Å². The van der Waals surface area contributed by atoms with E-state index in [1.165, 1.54) is 15.7 Å². The zero-order valence-electron chi connectivity index (χ0n) is 21.5. The molecule has 0 aliphatic heterocycles. The van der Waals surface area contributed by atoms with Gasteiger partial charge in [-0.25, -0.2) is 0 Å². The standard InChI is InChI=1S/C29H35F3N4/c1-20-10-11-23(17-21(20)2)33-16-6-7-25-18-26-27(34-22-12-14-24(15-13-22)35(3)4)8-5-9-28(26)36(25)19-29(30,31)32/h5,8-11,17-18,22,24,33-34H,12-16,19H2,1-4H3. The fourth-order valence-corrected chi connectivity index (χ4v) is 4.95. The number of nitrogens with one attached hydrogen (secondary N) is 2. The zero-order chi connectivity index (χ0) is 25.9. The van der Waals surface area contributed by atoms with Gasteiger partial charge in [-0.15, -0.1) is 0 Å². The lowest BCUT2D eigenvalue weighted by molar-refractivity contribution is -0.140. The summed E-state index contributed by atoms with van der Waals surface area (Å²) in [5.74, 6) is 6.00. The summed E-state index contributed by atoms with van der Waals surface area (Å²) in [6.07, 6.45) is -0.0351. The van der Waals surface area contributed by atoms with Crippen LogP contribution in [0.2, 0.25) is 0 Å². The summed E-state index contributed by atoms with van der Waals surface area (Å²) >= 11 is 0. The Bertz CT molecular complexity index is 1260. The highest BCUT2D eigenvalue weighted by molar-refractivity contribution is 5.94. The molecule has 0 atom stereocenters. The number of aryl methyl sites for hydroxylation is 2. The molecule has 0 saturated heterocycles. The van der Waals surface area contributed by atoms with Crippen molar-refractivity contribution in [2.75, 3.05) is 31.3 Å². The minimum Gasteiger partial charge on any atom is -0.382 e. The van der Waals surface area contributed by atoms with Gasteiger partial charge in [-0.2, -0.15) is 13.2 Å². The molecule has 0 radical (unpaired) electrons. The molecule has 1 aliphatic carbocycles. The smallest absolute Gasteiger partial charge is 0.382 e. The molecular weight excluding hydrogens is 461 g/mol. The third kappa shape index (κ3) is 6.36. The quantitative estimate of drug-likeness (QED) is 0.379. The van der Waals surface area contributed by atoms with Crippen LogP contribution in [0.5, 0.6) is 0 Å². The average molecular weight is 497 g/mol. The average Bonchev–Trinajstić information content (AvgIpc) is 3.16. The molecule has 3 aromatic rings. The van der Waals surface area contributed by atoms with E-state index in [4.69, 9.17) is 0 Å². The molecular formula is C29H35F3N4. The third-order valence-corrected chi connectivity index (χ3v) is 7.17. The first-order valence-electron chi connectivity index (χ1n) is 12.5. The molecule has 1 saturated carbocycles. The molecule has 36 heavy (non-hydrogen) atoms. The van der Waals surface area contributed by atoms with Crippen molar-refractivity contribution in [1.82, 2.24) is 9.47 Å². The maximum Gasteiger partial charge on any atom is 0.406 e. The van der Waals surface area contributed by atoms with Crippen LogP contribution in [0.1, 0.15) is 42.5 Å². The summed E-state index contributed by atoms with van der Waals surface area (Å²) in [7, 11) is 4.23. The fourth-order valence-electron chi connectivity index (χ4n) is 4.95. The van der Waals surface area contributed by atoms with Crippen molar-refractivity contribution in [2.24, 2.45) is 0 Å². The number of anilines is 2. The van der Waals surface area contributed by atoms with Crippen LogP contribution < -0.4 is 10.6 Å². The number of aromatic nitrogens is 1. The number of hydrogen-bond acceptors (Lipinski definition) is 3. The van der Waals surface area contributed by atoms with Crippen molar-refractivity contribution in [3.63, 3.8) is 0 Å². The predicted molar refractivity (Wildman–Crippen MR) is 143 cm³/mol. The van der Waals surface area contributed by atoms with Crippen molar-refractivity contribution in [3.8, 4) is 11.8 Å². The summed E-state index contributed by atoms with van der Waals surface area (Å²) in [5.41, 5.74) is 5.11. The van der Waals surface area contributed by atoms with E-state index in [0.29, 0.717) is 29.8 Å². The van der Waals surface area contributed by atoms with E-state index >= 15 is 0 Å². The van der Waals surface area contributed by atoms with Gasteiger partial charge in [0, 0.05) is 28.8 Å². The van der Waals surface area contributed by atoms with Gasteiger partial charge in [-0.05, 0) is 101 Å². The molecule has 192 valence electrons. The molecule has 1 heterocycles. The highest BCUT2D eigenvalue weighted by Crippen LogP contribution is 2.32. The first-order valence-corrected chi connectivity index (χ1v) is 12.5. The van der Waals surface area contributed by atoms with Crippen molar-refractivity contribution in [1.29, 1.82) is 0 Å². The summed E-state index contributed by atoms with van der Waals surface area (Å²) in [6.45, 7) is 3.37. The van der Waals surface area contributed by atoms with E-state index in [2.05, 4.69) is 48.4 Å². The number of fused-ring (bicyclic) bond motifs is 1. The lowest BCUT2D eigenvalue weighted by Crippen LogP contribution is -2.36. The first-order chi connectivity index (χ1) is 17.1. The van der Waals surface area contributed by atoms with Gasteiger partial charge in [0.2, 0.25) is 0 Å². The van der Waals surface area contributed by atoms with Gasteiger partial charge in [-0.3, -0.25) is 0 Å². The molecule has 0 spiro atoms. The number of alkyl halides is 3. The molecule has 0 bridgehead atoms. The molecule has 0 amide bonds. The van der Waals surface area contributed by atoms with Crippen molar-refractivity contribution in [2.45, 2.75) is 64.3 Å². The highest BCUT2D eigenvalue weighted by Gasteiger charge is 2.30. The van der Waals surface area contributed by atoms with Gasteiger partial charge in [0.25, 0.3) is 0 Å². The topological polar surface area (TPSA) is 32.2 Å². The second-order valence-corrected chi connectivity index (χ2v) is 10.0. The predicted octanol–water partition coefficient (Wildman–Crippen LogP) is 6.57. The van der Waals surface area contributed by atoms with E-state index in [1.807, 2.05) is 37.3 Å². The number of rotatable bonds is 6. The SMILES string of the molecule is Cc1ccc(NCC#Cc2cc3c(NC4CCC(N(C)C)CC4)cccc3n2CC(F)(F)F)cc1C. The summed E-state index contributed by atoms with van der Waals surface area (Å²) in [4.78, 5) is 2.27. The normalized spacial score (nSPS) is 18.2. The lowest BCUT2D eigenvalue weighted by atomic mass is 9.90. The monoisotopic (exact) mass is 496 g/mol. The Morgan fingerprint density at radius 1 is 1.00 bits per heavy atom. The molecule has 4 nitrogen and oxygen atoms in total. The van der Waals surface area contributed by atoms with Crippen molar-refractivity contribution < 1.29 is 13.2 Å². The lowest BCUT2D eigenvalue weighted by Gasteiger charge is -2.33. The summed E-state index contributed by atoms with van der Waals surface area (Å²) in [6, 6.07) is 14.3. The highest BCUT2D eigenvalue weighted by atomic mass is 19.4. The van der Waals surface area contributed by atoms with Gasteiger partial charge in [0.15, 0.2) is 0 Å². The maximum atomic E-state index is 13.5. The van der Waals surface area contributed by atoms with E-state index in [0.717, 1.165) is 42.4 Å². The van der Waals surface area contributed by atoms with Crippen LogP contribution in [0.4, 0.5) is 24.5 Å². The van der Waals surface area contributed by atoms with Crippen LogP contribution in [0.15, 0.2) is 42.5 Å². The van der Waals surface area contributed by atoms with Crippen LogP contribution in [-0.2, 0) is 6.54 Å². The molecule has 0 unspecified atom stereocenters. The maximum absolute atomic E-state index is 13.5. The van der Waals surface area contributed by atoms with Crippen molar-refractivity contribution in [3.05, 3.63) is 59.3 Å². The molecule has 1 aromatic heterocycles. The van der Waals surface area contributed by atoms with Crippen molar-refractivity contribution >= 4 is 22.3 Å². The Morgan fingerprint density at radius 2 is 1.75 bits per heavy atom. The van der Waals surface area contributed by atoms with Crippen LogP contribution in [-0.4, -0.2) is 48.4 Å². The Labute approximate surface area is 211 Å². The number of benzene rings is 2. The first kappa shape index (κ1) is 26.0. The number of halogens is 3. The number of hydrogen-bond donors (Lipinski definition) is 2. The van der Waals surface area contributed by atoms with E-state index in [-0.39, 0.29) is 0 Å². The van der Waals surface area contributed by atoms with Crippen LogP contribution in [0.25, 0.3) is 10.9 Å². The van der Waals surface area contributed by atoms with Crippen LogP contribution in [0.3, 0.4) is 0 Å². The zero-order valence-corrected chi connectivity index (χ0v) is 21.5. The van der Waals surface area contributed by atoms with E-state index in [1.54, 1.807) is 12.1 Å². The molecule has 7 heteroatoms. The molecule has 4 rings (SSSR count). The van der Waals surface area contributed by atoms with Gasteiger partial charge >= 0.3 is 6.18 Å². The van der Waals surface area contributed by atoms with Gasteiger partial charge in [0.05, 0.1) is 17.8 Å². The fraction of sp³-hybridized carbons (Fsp3) is 0.448.